The Kier molecular flexibility index (Phi) is 3.49. The number of halogens is 3. The molecule has 1 aromatic carbocycles. The van der Waals surface area contributed by atoms with Crippen LogP contribution in [0, 0.1) is 18.5 Å². The SMILES string of the molecule is Cc1ccc(C)c(-c2cc(C(F)(F)F)cc(=S)[nH]2)c1. The number of H-pyrrole nitrogens is 1. The molecule has 0 radical (unpaired) electrons. The number of rotatable bonds is 1. The number of alkyl halides is 3. The fourth-order valence-electron chi connectivity index (χ4n) is 1.88. The highest BCUT2D eigenvalue weighted by Crippen LogP contribution is 2.32. The van der Waals surface area contributed by atoms with E-state index >= 15 is 0 Å². The van der Waals surface area contributed by atoms with Crippen LogP contribution in [-0.2, 0) is 6.18 Å². The summed E-state index contributed by atoms with van der Waals surface area (Å²) in [6, 6.07) is 7.67. The van der Waals surface area contributed by atoms with Gasteiger partial charge in [-0.05, 0) is 37.6 Å². The van der Waals surface area contributed by atoms with Crippen LogP contribution >= 0.6 is 12.2 Å². The van der Waals surface area contributed by atoms with Crippen LogP contribution in [0.4, 0.5) is 13.2 Å². The zero-order valence-corrected chi connectivity index (χ0v) is 11.2. The number of aryl methyl sites for hydroxylation is 2. The first-order valence-electron chi connectivity index (χ1n) is 5.66. The molecule has 0 spiro atoms. The van der Waals surface area contributed by atoms with Gasteiger partial charge in [-0.15, -0.1) is 0 Å². The molecule has 0 aliphatic carbocycles. The van der Waals surface area contributed by atoms with Crippen molar-refractivity contribution in [2.75, 3.05) is 0 Å². The third kappa shape index (κ3) is 3.04. The van der Waals surface area contributed by atoms with E-state index < -0.39 is 11.7 Å². The van der Waals surface area contributed by atoms with Crippen molar-refractivity contribution in [3.8, 4) is 11.3 Å². The zero-order chi connectivity index (χ0) is 14.2. The van der Waals surface area contributed by atoms with Gasteiger partial charge < -0.3 is 4.98 Å². The van der Waals surface area contributed by atoms with Crippen LogP contribution in [0.1, 0.15) is 16.7 Å². The van der Waals surface area contributed by atoms with Crippen LogP contribution in [0.3, 0.4) is 0 Å². The maximum Gasteiger partial charge on any atom is 0.416 e. The fraction of sp³-hybridized carbons (Fsp3) is 0.214. The first-order valence-corrected chi connectivity index (χ1v) is 6.07. The quantitative estimate of drug-likeness (QED) is 0.724. The molecule has 0 amide bonds. The largest absolute Gasteiger partial charge is 0.416 e. The van der Waals surface area contributed by atoms with Crippen molar-refractivity contribution in [2.45, 2.75) is 20.0 Å². The van der Waals surface area contributed by atoms with Gasteiger partial charge in [0, 0.05) is 11.3 Å². The fourth-order valence-corrected chi connectivity index (χ4v) is 2.11. The van der Waals surface area contributed by atoms with E-state index in [0.717, 1.165) is 28.8 Å². The number of hydrogen-bond acceptors (Lipinski definition) is 1. The minimum atomic E-state index is -4.39. The molecular formula is C14H12F3NS. The molecule has 0 atom stereocenters. The number of aromatic nitrogens is 1. The standard InChI is InChI=1S/C14H12F3NS/c1-8-3-4-9(2)11(5-8)12-6-10(14(15,16)17)7-13(19)18-12/h3-7H,1-2H3,(H,18,19). The molecule has 1 aromatic heterocycles. The smallest absolute Gasteiger partial charge is 0.346 e. The normalized spacial score (nSPS) is 11.6. The van der Waals surface area contributed by atoms with E-state index in [1.54, 1.807) is 0 Å². The van der Waals surface area contributed by atoms with Gasteiger partial charge in [-0.1, -0.05) is 29.9 Å². The van der Waals surface area contributed by atoms with Crippen LogP contribution in [-0.4, -0.2) is 4.98 Å². The number of pyridine rings is 1. The van der Waals surface area contributed by atoms with Crippen molar-refractivity contribution in [2.24, 2.45) is 0 Å². The maximum absolute atomic E-state index is 12.8. The molecule has 0 bridgehead atoms. The lowest BCUT2D eigenvalue weighted by molar-refractivity contribution is -0.137. The molecule has 0 fully saturated rings. The summed E-state index contributed by atoms with van der Waals surface area (Å²) in [5, 5.41) is 0. The predicted octanol–water partition coefficient (Wildman–Crippen LogP) is 5.05. The highest BCUT2D eigenvalue weighted by molar-refractivity contribution is 7.71. The Hall–Kier alpha value is -1.62. The van der Waals surface area contributed by atoms with Gasteiger partial charge in [0.2, 0.25) is 0 Å². The molecule has 1 heterocycles. The summed E-state index contributed by atoms with van der Waals surface area (Å²) in [5.74, 6) is 0. The third-order valence-electron chi connectivity index (χ3n) is 2.85. The van der Waals surface area contributed by atoms with Crippen LogP contribution in [0.25, 0.3) is 11.3 Å². The summed E-state index contributed by atoms with van der Waals surface area (Å²) < 4.78 is 38.4. The molecule has 1 N–H and O–H groups in total. The van der Waals surface area contributed by atoms with Crippen molar-refractivity contribution in [3.63, 3.8) is 0 Å². The third-order valence-corrected chi connectivity index (χ3v) is 3.07. The summed E-state index contributed by atoms with van der Waals surface area (Å²) in [7, 11) is 0. The summed E-state index contributed by atoms with van der Waals surface area (Å²) in [6.07, 6.45) is -4.39. The summed E-state index contributed by atoms with van der Waals surface area (Å²) in [4.78, 5) is 2.82. The Bertz CT molecular complexity index is 671. The average molecular weight is 283 g/mol. The first-order chi connectivity index (χ1) is 8.77. The van der Waals surface area contributed by atoms with Crippen molar-refractivity contribution >= 4 is 12.2 Å². The molecule has 0 saturated carbocycles. The predicted molar refractivity (Wildman–Crippen MR) is 71.5 cm³/mol. The number of benzene rings is 1. The molecule has 5 heteroatoms. The van der Waals surface area contributed by atoms with E-state index in [1.807, 2.05) is 32.0 Å². The van der Waals surface area contributed by atoms with E-state index in [9.17, 15) is 13.2 Å². The van der Waals surface area contributed by atoms with Gasteiger partial charge in [0.25, 0.3) is 0 Å². The Balaban J connectivity index is 2.66. The second-order valence-corrected chi connectivity index (χ2v) is 4.90. The van der Waals surface area contributed by atoms with Crippen molar-refractivity contribution in [1.29, 1.82) is 0 Å². The van der Waals surface area contributed by atoms with Crippen LogP contribution in [0.5, 0.6) is 0 Å². The minimum absolute atomic E-state index is 0.0748. The molecule has 2 rings (SSSR count). The molecule has 19 heavy (non-hydrogen) atoms. The minimum Gasteiger partial charge on any atom is -0.346 e. The van der Waals surface area contributed by atoms with E-state index in [0.29, 0.717) is 5.69 Å². The Labute approximate surface area is 114 Å². The highest BCUT2D eigenvalue weighted by atomic mass is 32.1. The summed E-state index contributed by atoms with van der Waals surface area (Å²) >= 11 is 4.88. The van der Waals surface area contributed by atoms with Gasteiger partial charge in [-0.2, -0.15) is 13.2 Å². The Morgan fingerprint density at radius 2 is 1.74 bits per heavy atom. The van der Waals surface area contributed by atoms with E-state index in [1.165, 1.54) is 0 Å². The van der Waals surface area contributed by atoms with E-state index in [4.69, 9.17) is 12.2 Å². The van der Waals surface area contributed by atoms with Gasteiger partial charge in [0.1, 0.15) is 4.64 Å². The van der Waals surface area contributed by atoms with Gasteiger partial charge in [0.05, 0.1) is 5.56 Å². The Morgan fingerprint density at radius 1 is 1.05 bits per heavy atom. The van der Waals surface area contributed by atoms with Gasteiger partial charge in [0.15, 0.2) is 0 Å². The van der Waals surface area contributed by atoms with Gasteiger partial charge >= 0.3 is 6.18 Å². The molecular weight excluding hydrogens is 271 g/mol. The van der Waals surface area contributed by atoms with Crippen LogP contribution in [0.15, 0.2) is 30.3 Å². The van der Waals surface area contributed by atoms with E-state index in [2.05, 4.69) is 4.98 Å². The van der Waals surface area contributed by atoms with Crippen molar-refractivity contribution < 1.29 is 13.2 Å². The Morgan fingerprint density at radius 3 is 2.37 bits per heavy atom. The average Bonchev–Trinajstić information content (AvgIpc) is 2.30. The zero-order valence-electron chi connectivity index (χ0n) is 10.4. The summed E-state index contributed by atoms with van der Waals surface area (Å²) in [5.41, 5.74) is 2.28. The molecule has 0 saturated heterocycles. The summed E-state index contributed by atoms with van der Waals surface area (Å²) in [6.45, 7) is 3.75. The van der Waals surface area contributed by atoms with Crippen LogP contribution < -0.4 is 0 Å². The highest BCUT2D eigenvalue weighted by Gasteiger charge is 2.31. The van der Waals surface area contributed by atoms with Crippen molar-refractivity contribution in [1.82, 2.24) is 4.98 Å². The lowest BCUT2D eigenvalue weighted by Crippen LogP contribution is -2.06. The van der Waals surface area contributed by atoms with Crippen molar-refractivity contribution in [3.05, 3.63) is 51.7 Å². The van der Waals surface area contributed by atoms with Crippen LogP contribution in [0.2, 0.25) is 0 Å². The number of nitrogens with one attached hydrogen (secondary N) is 1. The van der Waals surface area contributed by atoms with E-state index in [-0.39, 0.29) is 4.64 Å². The molecule has 0 aliphatic heterocycles. The molecule has 0 unspecified atom stereocenters. The lowest BCUT2D eigenvalue weighted by atomic mass is 10.0. The maximum atomic E-state index is 12.8. The van der Waals surface area contributed by atoms with Gasteiger partial charge in [-0.3, -0.25) is 0 Å². The second kappa shape index (κ2) is 4.81. The monoisotopic (exact) mass is 283 g/mol. The first kappa shape index (κ1) is 13.8. The number of aromatic amines is 1. The second-order valence-electron chi connectivity index (χ2n) is 4.46. The molecule has 2 aromatic rings. The molecule has 100 valence electrons. The molecule has 1 nitrogen and oxygen atoms in total. The topological polar surface area (TPSA) is 15.8 Å². The lowest BCUT2D eigenvalue weighted by Gasteiger charge is -2.11. The number of hydrogen-bond donors (Lipinski definition) is 1. The van der Waals surface area contributed by atoms with Gasteiger partial charge in [-0.25, -0.2) is 0 Å². The molecule has 0 aliphatic rings.